The molecule has 0 aromatic heterocycles. The summed E-state index contributed by atoms with van der Waals surface area (Å²) in [5.41, 5.74) is 2.49. The molecule has 0 bridgehead atoms. The van der Waals surface area contributed by atoms with Crippen molar-refractivity contribution in [2.75, 3.05) is 7.11 Å². The van der Waals surface area contributed by atoms with E-state index in [0.29, 0.717) is 5.92 Å². The molecular formula is C15H22O2S. The van der Waals surface area contributed by atoms with E-state index in [-0.39, 0.29) is 5.97 Å². The molecule has 1 rings (SSSR count). The van der Waals surface area contributed by atoms with E-state index in [9.17, 15) is 4.79 Å². The molecule has 0 aliphatic rings. The van der Waals surface area contributed by atoms with Crippen LogP contribution in [0.3, 0.4) is 0 Å². The molecule has 0 aliphatic heterocycles. The van der Waals surface area contributed by atoms with Crippen LogP contribution in [0.4, 0.5) is 0 Å². The van der Waals surface area contributed by atoms with Gasteiger partial charge in [-0.25, -0.2) is 0 Å². The maximum atomic E-state index is 11.7. The molecule has 0 atom stereocenters. The minimum absolute atomic E-state index is 0.193. The molecule has 1 aromatic rings. The number of methoxy groups -OCH3 is 1. The summed E-state index contributed by atoms with van der Waals surface area (Å²) in [4.78, 5) is 12.9. The van der Waals surface area contributed by atoms with E-state index >= 15 is 0 Å². The molecule has 18 heavy (non-hydrogen) atoms. The van der Waals surface area contributed by atoms with Crippen molar-refractivity contribution in [3.05, 3.63) is 29.3 Å². The lowest BCUT2D eigenvalue weighted by atomic mass is 10.0. The molecule has 2 nitrogen and oxygen atoms in total. The van der Waals surface area contributed by atoms with Gasteiger partial charge in [0, 0.05) is 4.90 Å². The Hall–Kier alpha value is -0.960. The Morgan fingerprint density at radius 3 is 2.44 bits per heavy atom. The van der Waals surface area contributed by atoms with Gasteiger partial charge in [0.25, 0.3) is 0 Å². The minimum Gasteiger partial charge on any atom is -0.468 e. The van der Waals surface area contributed by atoms with Gasteiger partial charge in [-0.2, -0.15) is 0 Å². The van der Waals surface area contributed by atoms with E-state index in [0.717, 1.165) is 4.90 Å². The highest BCUT2D eigenvalue weighted by Crippen LogP contribution is 2.36. The Morgan fingerprint density at radius 1 is 1.33 bits per heavy atom. The summed E-state index contributed by atoms with van der Waals surface area (Å²) >= 11 is 1.56. The minimum atomic E-state index is -0.560. The summed E-state index contributed by atoms with van der Waals surface area (Å²) < 4.78 is 4.28. The summed E-state index contributed by atoms with van der Waals surface area (Å²) in [5.74, 6) is 0.299. The molecule has 0 N–H and O–H groups in total. The Bertz CT molecular complexity index is 436. The van der Waals surface area contributed by atoms with Crippen molar-refractivity contribution in [3.8, 4) is 0 Å². The fourth-order valence-corrected chi connectivity index (χ4v) is 2.79. The monoisotopic (exact) mass is 266 g/mol. The summed E-state index contributed by atoms with van der Waals surface area (Å²) in [6.45, 7) is 10.2. The van der Waals surface area contributed by atoms with Crippen molar-refractivity contribution in [3.63, 3.8) is 0 Å². The quantitative estimate of drug-likeness (QED) is 0.604. The van der Waals surface area contributed by atoms with Crippen molar-refractivity contribution in [2.45, 2.75) is 50.2 Å². The number of hydrogen-bond acceptors (Lipinski definition) is 3. The second-order valence-corrected chi connectivity index (χ2v) is 6.95. The molecule has 0 aliphatic carbocycles. The predicted octanol–water partition coefficient (Wildman–Crippen LogP) is 4.16. The van der Waals surface area contributed by atoms with Crippen molar-refractivity contribution >= 4 is 17.7 Å². The second kappa shape index (κ2) is 5.79. The van der Waals surface area contributed by atoms with Gasteiger partial charge in [0.15, 0.2) is 0 Å². The summed E-state index contributed by atoms with van der Waals surface area (Å²) in [6.07, 6.45) is 0. The Labute approximate surface area is 114 Å². The molecule has 0 amide bonds. The van der Waals surface area contributed by atoms with Crippen molar-refractivity contribution < 1.29 is 9.53 Å². The Kier molecular flexibility index (Phi) is 4.85. The first-order valence-electron chi connectivity index (χ1n) is 6.16. The van der Waals surface area contributed by atoms with E-state index in [1.54, 1.807) is 11.8 Å². The first-order valence-corrected chi connectivity index (χ1v) is 6.97. The van der Waals surface area contributed by atoms with E-state index in [1.807, 2.05) is 13.8 Å². The standard InChI is InChI=1S/C15H22O2S/c1-10(2)12-8-7-11(3)13(9-12)18-15(4,5)14(16)17-6/h7-10H,1-6H3. The third kappa shape index (κ3) is 3.52. The molecule has 0 heterocycles. The average molecular weight is 266 g/mol. The van der Waals surface area contributed by atoms with Crippen molar-refractivity contribution in [1.29, 1.82) is 0 Å². The lowest BCUT2D eigenvalue weighted by Gasteiger charge is -2.22. The smallest absolute Gasteiger partial charge is 0.321 e. The number of esters is 1. The fraction of sp³-hybridized carbons (Fsp3) is 0.533. The number of carbonyl (C=O) groups excluding carboxylic acids is 1. The average Bonchev–Trinajstić information content (AvgIpc) is 2.30. The number of hydrogen-bond donors (Lipinski definition) is 0. The first-order chi connectivity index (χ1) is 8.27. The molecule has 0 unspecified atom stereocenters. The number of rotatable bonds is 4. The van der Waals surface area contributed by atoms with Crippen molar-refractivity contribution in [1.82, 2.24) is 0 Å². The lowest BCUT2D eigenvalue weighted by molar-refractivity contribution is -0.142. The van der Waals surface area contributed by atoms with Crippen LogP contribution in [0.1, 0.15) is 44.7 Å². The van der Waals surface area contributed by atoms with Crippen molar-refractivity contribution in [2.24, 2.45) is 0 Å². The van der Waals surface area contributed by atoms with Gasteiger partial charge in [-0.1, -0.05) is 26.0 Å². The SMILES string of the molecule is COC(=O)C(C)(C)Sc1cc(C(C)C)ccc1C. The molecular weight excluding hydrogens is 244 g/mol. The van der Waals surface area contributed by atoms with Crippen LogP contribution in [-0.4, -0.2) is 17.8 Å². The Balaban J connectivity index is 3.03. The highest BCUT2D eigenvalue weighted by molar-refractivity contribution is 8.01. The largest absolute Gasteiger partial charge is 0.468 e. The van der Waals surface area contributed by atoms with Gasteiger partial charge in [0.1, 0.15) is 4.75 Å². The first kappa shape index (κ1) is 15.1. The molecule has 3 heteroatoms. The van der Waals surface area contributed by atoms with E-state index < -0.39 is 4.75 Å². The van der Waals surface area contributed by atoms with E-state index in [1.165, 1.54) is 18.2 Å². The van der Waals surface area contributed by atoms with Gasteiger partial charge in [-0.15, -0.1) is 11.8 Å². The molecule has 1 aromatic carbocycles. The third-order valence-electron chi connectivity index (χ3n) is 2.92. The molecule has 0 saturated carbocycles. The van der Waals surface area contributed by atoms with Gasteiger partial charge in [0.2, 0.25) is 0 Å². The number of thioether (sulfide) groups is 1. The van der Waals surface area contributed by atoms with Gasteiger partial charge in [-0.05, 0) is 43.9 Å². The summed E-state index contributed by atoms with van der Waals surface area (Å²) in [5, 5.41) is 0. The number of aryl methyl sites for hydroxylation is 1. The summed E-state index contributed by atoms with van der Waals surface area (Å²) in [6, 6.07) is 6.44. The zero-order chi connectivity index (χ0) is 13.9. The number of ether oxygens (including phenoxy) is 1. The van der Waals surface area contributed by atoms with Crippen LogP contribution in [0.5, 0.6) is 0 Å². The van der Waals surface area contributed by atoms with Crippen LogP contribution in [0.25, 0.3) is 0 Å². The molecule has 0 saturated heterocycles. The maximum absolute atomic E-state index is 11.7. The van der Waals surface area contributed by atoms with E-state index in [2.05, 4.69) is 39.0 Å². The topological polar surface area (TPSA) is 26.3 Å². The molecule has 0 spiro atoms. The van der Waals surface area contributed by atoms with Gasteiger partial charge in [-0.3, -0.25) is 4.79 Å². The molecule has 0 radical (unpaired) electrons. The Morgan fingerprint density at radius 2 is 1.94 bits per heavy atom. The van der Waals surface area contributed by atoms with Crippen LogP contribution < -0.4 is 0 Å². The van der Waals surface area contributed by atoms with Gasteiger partial charge in [0.05, 0.1) is 7.11 Å². The van der Waals surface area contributed by atoms with Crippen LogP contribution in [0.2, 0.25) is 0 Å². The number of carbonyl (C=O) groups is 1. The van der Waals surface area contributed by atoms with Crippen LogP contribution in [-0.2, 0) is 9.53 Å². The van der Waals surface area contributed by atoms with E-state index in [4.69, 9.17) is 4.74 Å². The van der Waals surface area contributed by atoms with Crippen LogP contribution in [0, 0.1) is 6.92 Å². The predicted molar refractivity (Wildman–Crippen MR) is 77.2 cm³/mol. The normalized spacial score (nSPS) is 11.7. The maximum Gasteiger partial charge on any atom is 0.321 e. The van der Waals surface area contributed by atoms with Crippen LogP contribution >= 0.6 is 11.8 Å². The fourth-order valence-electron chi connectivity index (χ4n) is 1.65. The zero-order valence-corrected chi connectivity index (χ0v) is 12.9. The van der Waals surface area contributed by atoms with Gasteiger partial charge >= 0.3 is 5.97 Å². The zero-order valence-electron chi connectivity index (χ0n) is 12.0. The summed E-state index contributed by atoms with van der Waals surface area (Å²) in [7, 11) is 1.43. The van der Waals surface area contributed by atoms with Crippen LogP contribution in [0.15, 0.2) is 23.1 Å². The second-order valence-electron chi connectivity index (χ2n) is 5.28. The third-order valence-corrected chi connectivity index (χ3v) is 4.26. The van der Waals surface area contributed by atoms with Gasteiger partial charge < -0.3 is 4.74 Å². The molecule has 0 fully saturated rings. The highest BCUT2D eigenvalue weighted by Gasteiger charge is 2.30. The number of benzene rings is 1. The molecule has 100 valence electrons. The highest BCUT2D eigenvalue weighted by atomic mass is 32.2. The lowest BCUT2D eigenvalue weighted by Crippen LogP contribution is -2.29.